The molecule has 126 valence electrons. The Morgan fingerprint density at radius 2 is 1.96 bits per heavy atom. The molecule has 1 aromatic carbocycles. The third-order valence-electron chi connectivity index (χ3n) is 4.77. The molecule has 0 spiro atoms. The Kier molecular flexibility index (Phi) is 3.93. The van der Waals surface area contributed by atoms with Gasteiger partial charge in [-0.1, -0.05) is 12.1 Å². The van der Waals surface area contributed by atoms with Crippen LogP contribution in [0.25, 0.3) is 0 Å². The maximum absolute atomic E-state index is 13.9. The average Bonchev–Trinajstić information content (AvgIpc) is 3.06. The highest BCUT2D eigenvalue weighted by Crippen LogP contribution is 2.22. The first-order valence-electron chi connectivity index (χ1n) is 8.29. The van der Waals surface area contributed by atoms with Crippen molar-refractivity contribution in [2.24, 2.45) is 0 Å². The largest absolute Gasteiger partial charge is 0.366 e. The molecule has 24 heavy (non-hydrogen) atoms. The van der Waals surface area contributed by atoms with Crippen LogP contribution in [0.1, 0.15) is 21.7 Å². The van der Waals surface area contributed by atoms with Crippen LogP contribution in [0, 0.1) is 5.82 Å². The maximum atomic E-state index is 13.9. The monoisotopic (exact) mass is 329 g/mol. The molecular formula is C17H20FN5O. The van der Waals surface area contributed by atoms with Crippen LogP contribution in [0.15, 0.2) is 24.3 Å². The van der Waals surface area contributed by atoms with Crippen LogP contribution in [0.2, 0.25) is 0 Å². The summed E-state index contributed by atoms with van der Waals surface area (Å²) >= 11 is 0. The van der Waals surface area contributed by atoms with Gasteiger partial charge in [0.2, 0.25) is 0 Å². The Morgan fingerprint density at radius 1 is 1.17 bits per heavy atom. The summed E-state index contributed by atoms with van der Waals surface area (Å²) in [5.41, 5.74) is 3.17. The van der Waals surface area contributed by atoms with Crippen LogP contribution in [0.3, 0.4) is 0 Å². The summed E-state index contributed by atoms with van der Waals surface area (Å²) < 4.78 is 13.9. The lowest BCUT2D eigenvalue weighted by Gasteiger charge is -2.36. The van der Waals surface area contributed by atoms with Crippen molar-refractivity contribution in [2.75, 3.05) is 37.6 Å². The van der Waals surface area contributed by atoms with E-state index in [-0.39, 0.29) is 11.7 Å². The lowest BCUT2D eigenvalue weighted by Crippen LogP contribution is -2.49. The molecule has 0 atom stereocenters. The van der Waals surface area contributed by atoms with Gasteiger partial charge >= 0.3 is 0 Å². The summed E-state index contributed by atoms with van der Waals surface area (Å²) in [4.78, 5) is 16.6. The second kappa shape index (κ2) is 6.24. The van der Waals surface area contributed by atoms with E-state index in [0.717, 1.165) is 24.2 Å². The number of aromatic amines is 1. The first-order chi connectivity index (χ1) is 11.7. The first kappa shape index (κ1) is 15.1. The number of H-pyrrole nitrogens is 1. The average molecular weight is 329 g/mol. The SMILES string of the molecule is O=C(c1n[nH]c2c1CNCC2)N1CCN(c2ccccc2F)CC1. The van der Waals surface area contributed by atoms with Crippen molar-refractivity contribution in [1.29, 1.82) is 0 Å². The Balaban J connectivity index is 1.45. The molecule has 0 unspecified atom stereocenters. The Labute approximate surface area is 139 Å². The van der Waals surface area contributed by atoms with Crippen molar-refractivity contribution in [1.82, 2.24) is 20.4 Å². The molecule has 0 radical (unpaired) electrons. The lowest BCUT2D eigenvalue weighted by atomic mass is 10.1. The van der Waals surface area contributed by atoms with Crippen molar-refractivity contribution >= 4 is 11.6 Å². The highest BCUT2D eigenvalue weighted by molar-refractivity contribution is 5.94. The topological polar surface area (TPSA) is 64.3 Å². The quantitative estimate of drug-likeness (QED) is 0.868. The number of aromatic nitrogens is 2. The molecule has 0 saturated carbocycles. The number of nitrogens with one attached hydrogen (secondary N) is 2. The molecule has 1 fully saturated rings. The maximum Gasteiger partial charge on any atom is 0.274 e. The van der Waals surface area contributed by atoms with Crippen molar-refractivity contribution < 1.29 is 9.18 Å². The summed E-state index contributed by atoms with van der Waals surface area (Å²) in [5.74, 6) is -0.255. The number of hydrogen-bond donors (Lipinski definition) is 2. The van der Waals surface area contributed by atoms with E-state index in [1.54, 1.807) is 12.1 Å². The van der Waals surface area contributed by atoms with Crippen LogP contribution < -0.4 is 10.2 Å². The predicted molar refractivity (Wildman–Crippen MR) is 88.5 cm³/mol. The molecular weight excluding hydrogens is 309 g/mol. The van der Waals surface area contributed by atoms with Gasteiger partial charge in [0.15, 0.2) is 5.69 Å². The van der Waals surface area contributed by atoms with Gasteiger partial charge in [0.1, 0.15) is 5.82 Å². The second-order valence-corrected chi connectivity index (χ2v) is 6.19. The molecule has 3 heterocycles. The first-order valence-corrected chi connectivity index (χ1v) is 8.29. The zero-order valence-electron chi connectivity index (χ0n) is 13.4. The van der Waals surface area contributed by atoms with E-state index >= 15 is 0 Å². The summed E-state index contributed by atoms with van der Waals surface area (Å²) in [7, 11) is 0. The van der Waals surface area contributed by atoms with Crippen LogP contribution in [0.4, 0.5) is 10.1 Å². The number of amides is 1. The minimum Gasteiger partial charge on any atom is -0.366 e. The number of rotatable bonds is 2. The van der Waals surface area contributed by atoms with E-state index in [2.05, 4.69) is 15.5 Å². The number of carbonyl (C=O) groups excluding carboxylic acids is 1. The minimum atomic E-state index is -0.218. The molecule has 0 aliphatic carbocycles. The van der Waals surface area contributed by atoms with E-state index in [1.165, 1.54) is 6.07 Å². The van der Waals surface area contributed by atoms with Crippen LogP contribution in [0.5, 0.6) is 0 Å². The molecule has 2 aromatic rings. The molecule has 2 aliphatic heterocycles. The number of hydrogen-bond acceptors (Lipinski definition) is 4. The van der Waals surface area contributed by atoms with Gasteiger partial charge in [0, 0.05) is 56.9 Å². The van der Waals surface area contributed by atoms with E-state index in [9.17, 15) is 9.18 Å². The number of nitrogens with zero attached hydrogens (tertiary/aromatic N) is 3. The number of carbonyl (C=O) groups is 1. The van der Waals surface area contributed by atoms with E-state index in [4.69, 9.17) is 0 Å². The zero-order chi connectivity index (χ0) is 16.5. The standard InChI is InChI=1S/C17H20FN5O/c18-13-3-1-2-4-15(13)22-7-9-23(10-8-22)17(24)16-12-11-19-6-5-14(12)20-21-16/h1-4,19H,5-11H2,(H,20,21). The van der Waals surface area contributed by atoms with E-state index in [1.807, 2.05) is 15.9 Å². The highest BCUT2D eigenvalue weighted by Gasteiger charge is 2.28. The summed E-state index contributed by atoms with van der Waals surface area (Å²) in [5, 5.41) is 10.5. The number of anilines is 1. The molecule has 6 nitrogen and oxygen atoms in total. The third kappa shape index (κ3) is 2.65. The zero-order valence-corrected chi connectivity index (χ0v) is 13.4. The van der Waals surface area contributed by atoms with Gasteiger partial charge in [0.05, 0.1) is 5.69 Å². The number of benzene rings is 1. The molecule has 1 aromatic heterocycles. The third-order valence-corrected chi connectivity index (χ3v) is 4.77. The summed E-state index contributed by atoms with van der Waals surface area (Å²) in [6.07, 6.45) is 0.872. The van der Waals surface area contributed by atoms with Crippen molar-refractivity contribution in [3.8, 4) is 0 Å². The van der Waals surface area contributed by atoms with Gasteiger partial charge in [-0.05, 0) is 12.1 Å². The predicted octanol–water partition coefficient (Wildman–Crippen LogP) is 1.16. The van der Waals surface area contributed by atoms with Gasteiger partial charge in [0.25, 0.3) is 5.91 Å². The van der Waals surface area contributed by atoms with E-state index < -0.39 is 0 Å². The normalized spacial score (nSPS) is 17.7. The van der Waals surface area contributed by atoms with Crippen LogP contribution >= 0.6 is 0 Å². The number of fused-ring (bicyclic) bond motifs is 1. The van der Waals surface area contributed by atoms with Crippen molar-refractivity contribution in [3.63, 3.8) is 0 Å². The molecule has 2 N–H and O–H groups in total. The van der Waals surface area contributed by atoms with Gasteiger partial charge in [-0.25, -0.2) is 4.39 Å². The van der Waals surface area contributed by atoms with Crippen LogP contribution in [-0.4, -0.2) is 53.7 Å². The van der Waals surface area contributed by atoms with Gasteiger partial charge in [-0.15, -0.1) is 0 Å². The molecule has 1 saturated heterocycles. The highest BCUT2D eigenvalue weighted by atomic mass is 19.1. The fraction of sp³-hybridized carbons (Fsp3) is 0.412. The Bertz CT molecular complexity index is 751. The second-order valence-electron chi connectivity index (χ2n) is 6.19. The van der Waals surface area contributed by atoms with Gasteiger partial charge in [-0.3, -0.25) is 9.89 Å². The molecule has 7 heteroatoms. The summed E-state index contributed by atoms with van der Waals surface area (Å²) in [6, 6.07) is 6.77. The minimum absolute atomic E-state index is 0.0376. The Morgan fingerprint density at radius 3 is 2.75 bits per heavy atom. The van der Waals surface area contributed by atoms with Crippen molar-refractivity contribution in [2.45, 2.75) is 13.0 Å². The lowest BCUT2D eigenvalue weighted by molar-refractivity contribution is 0.0739. The summed E-state index contributed by atoms with van der Waals surface area (Å²) in [6.45, 7) is 3.98. The number of para-hydroxylation sites is 1. The van der Waals surface area contributed by atoms with E-state index in [0.29, 0.717) is 44.1 Å². The van der Waals surface area contributed by atoms with Crippen LogP contribution in [-0.2, 0) is 13.0 Å². The van der Waals surface area contributed by atoms with Gasteiger partial charge < -0.3 is 15.1 Å². The van der Waals surface area contributed by atoms with Crippen molar-refractivity contribution in [3.05, 3.63) is 47.0 Å². The van der Waals surface area contributed by atoms with Gasteiger partial charge in [-0.2, -0.15) is 5.10 Å². The number of piperazine rings is 1. The molecule has 1 amide bonds. The number of halogens is 1. The Hall–Kier alpha value is -2.41. The molecule has 0 bridgehead atoms. The molecule has 2 aliphatic rings. The fourth-order valence-corrected chi connectivity index (χ4v) is 3.41. The molecule has 4 rings (SSSR count). The smallest absolute Gasteiger partial charge is 0.274 e. The fourth-order valence-electron chi connectivity index (χ4n) is 3.41.